The maximum atomic E-state index is 12.7. The van der Waals surface area contributed by atoms with Crippen LogP contribution in [0.25, 0.3) is 0 Å². The number of nitrogens with zero attached hydrogens (tertiary/aromatic N) is 6. The van der Waals surface area contributed by atoms with Gasteiger partial charge in [0.2, 0.25) is 11.9 Å². The molecule has 3 aliphatic rings. The first-order chi connectivity index (χ1) is 16.5. The predicted octanol–water partition coefficient (Wildman–Crippen LogP) is 2.65. The highest BCUT2D eigenvalue weighted by Gasteiger charge is 2.31. The van der Waals surface area contributed by atoms with Gasteiger partial charge in [0.05, 0.1) is 33.9 Å². The summed E-state index contributed by atoms with van der Waals surface area (Å²) in [6.07, 6.45) is 9.89. The molecule has 5 rings (SSSR count). The van der Waals surface area contributed by atoms with Crippen molar-refractivity contribution in [1.29, 1.82) is 0 Å². The molecule has 0 aromatic carbocycles. The Morgan fingerprint density at radius 2 is 1.85 bits per heavy atom. The summed E-state index contributed by atoms with van der Waals surface area (Å²) in [7, 11) is 1.01. The number of halogens is 1. The van der Waals surface area contributed by atoms with Gasteiger partial charge < -0.3 is 20.2 Å². The van der Waals surface area contributed by atoms with E-state index in [2.05, 4.69) is 32.1 Å². The van der Waals surface area contributed by atoms with Gasteiger partial charge in [-0.15, -0.1) is 0 Å². The van der Waals surface area contributed by atoms with Crippen molar-refractivity contribution in [2.45, 2.75) is 61.9 Å². The van der Waals surface area contributed by atoms with E-state index in [0.717, 1.165) is 74.4 Å². The molecule has 0 radical (unpaired) electrons. The van der Waals surface area contributed by atoms with Gasteiger partial charge in [-0.3, -0.25) is 4.21 Å². The molecule has 2 fully saturated rings. The van der Waals surface area contributed by atoms with E-state index in [1.807, 2.05) is 0 Å². The lowest BCUT2D eigenvalue weighted by atomic mass is 9.86. The fraction of sp³-hybridized carbons (Fsp3) is 0.652. The molecule has 0 unspecified atom stereocenters. The minimum Gasteiger partial charge on any atom is -0.396 e. The van der Waals surface area contributed by atoms with Crippen molar-refractivity contribution < 1.29 is 9.32 Å². The van der Waals surface area contributed by atoms with Gasteiger partial charge in [0.15, 0.2) is 0 Å². The fourth-order valence-corrected chi connectivity index (χ4v) is 6.62. The van der Waals surface area contributed by atoms with Crippen LogP contribution in [0.15, 0.2) is 17.3 Å². The molecular formula is C23H32ClN7O2S. The van der Waals surface area contributed by atoms with Crippen molar-refractivity contribution in [3.05, 3.63) is 23.1 Å². The van der Waals surface area contributed by atoms with Crippen LogP contribution in [0.5, 0.6) is 0 Å². The zero-order valence-corrected chi connectivity index (χ0v) is 21.1. The second-order valence-corrected chi connectivity index (χ2v) is 11.5. The third-order valence-corrected chi connectivity index (χ3v) is 8.99. The average molecular weight is 506 g/mol. The second kappa shape index (κ2) is 10.3. The van der Waals surface area contributed by atoms with Crippen LogP contribution in [-0.4, -0.2) is 73.8 Å². The van der Waals surface area contributed by atoms with E-state index in [9.17, 15) is 9.32 Å². The zero-order valence-electron chi connectivity index (χ0n) is 19.5. The van der Waals surface area contributed by atoms with E-state index in [4.69, 9.17) is 21.6 Å². The second-order valence-electron chi connectivity index (χ2n) is 9.52. The van der Waals surface area contributed by atoms with E-state index in [1.165, 1.54) is 0 Å². The van der Waals surface area contributed by atoms with Crippen molar-refractivity contribution in [3.8, 4) is 0 Å². The molecule has 1 atom stereocenters. The van der Waals surface area contributed by atoms with Crippen molar-refractivity contribution in [3.63, 3.8) is 0 Å². The number of rotatable bonds is 6. The quantitative estimate of drug-likeness (QED) is 0.612. The van der Waals surface area contributed by atoms with E-state index >= 15 is 0 Å². The molecule has 2 aromatic heterocycles. The summed E-state index contributed by atoms with van der Waals surface area (Å²) in [5.41, 5.74) is 0.911. The van der Waals surface area contributed by atoms with Crippen molar-refractivity contribution in [2.24, 2.45) is 5.92 Å². The molecule has 1 aliphatic carbocycles. The lowest BCUT2D eigenvalue weighted by molar-refractivity contribution is 0.185. The minimum atomic E-state index is -1.05. The maximum absolute atomic E-state index is 12.7. The average Bonchev–Trinajstić information content (AvgIpc) is 3.25. The maximum Gasteiger partial charge on any atom is 0.227 e. The van der Waals surface area contributed by atoms with E-state index in [1.54, 1.807) is 12.4 Å². The number of fused-ring (bicyclic) bond motifs is 1. The predicted molar refractivity (Wildman–Crippen MR) is 134 cm³/mol. The summed E-state index contributed by atoms with van der Waals surface area (Å²) in [5, 5.41) is 13.6. The molecule has 1 saturated heterocycles. The number of piperidine rings is 1. The summed E-state index contributed by atoms with van der Waals surface area (Å²) in [6, 6.07) is 0.599. The highest BCUT2D eigenvalue weighted by atomic mass is 35.5. The number of aliphatic hydroxyl groups is 1. The van der Waals surface area contributed by atoms with Crippen LogP contribution in [0.2, 0.25) is 5.02 Å². The first kappa shape index (κ1) is 23.7. The zero-order chi connectivity index (χ0) is 23.7. The van der Waals surface area contributed by atoms with Crippen LogP contribution in [0.4, 0.5) is 17.7 Å². The molecule has 184 valence electrons. The van der Waals surface area contributed by atoms with Crippen LogP contribution in [0.3, 0.4) is 0 Å². The van der Waals surface area contributed by atoms with Gasteiger partial charge in [0.1, 0.15) is 10.7 Å². The Balaban J connectivity index is 1.29. The molecule has 11 heteroatoms. The van der Waals surface area contributed by atoms with E-state index < -0.39 is 10.8 Å². The Hall–Kier alpha value is -2.04. The van der Waals surface area contributed by atoms with Gasteiger partial charge in [-0.1, -0.05) is 11.6 Å². The Bertz CT molecular complexity index is 1020. The van der Waals surface area contributed by atoms with E-state index in [0.29, 0.717) is 40.7 Å². The fourth-order valence-electron chi connectivity index (χ4n) is 5.21. The number of nitrogens with one attached hydrogen (secondary N) is 1. The Morgan fingerprint density at radius 1 is 1.15 bits per heavy atom. The number of aliphatic hydroxyl groups excluding tert-OH is 1. The van der Waals surface area contributed by atoms with Gasteiger partial charge in [-0.05, 0) is 44.4 Å². The first-order valence-corrected chi connectivity index (χ1v) is 13.8. The molecular weight excluding hydrogens is 474 g/mol. The number of aryl methyl sites for hydroxylation is 1. The largest absolute Gasteiger partial charge is 0.396 e. The third kappa shape index (κ3) is 4.99. The van der Waals surface area contributed by atoms with Crippen LogP contribution >= 0.6 is 11.6 Å². The van der Waals surface area contributed by atoms with Gasteiger partial charge in [-0.2, -0.15) is 4.98 Å². The Labute approximate surface area is 207 Å². The molecule has 34 heavy (non-hydrogen) atoms. The first-order valence-electron chi connectivity index (χ1n) is 12.1. The molecule has 2 aliphatic heterocycles. The highest BCUT2D eigenvalue weighted by molar-refractivity contribution is 7.85. The molecule has 4 heterocycles. The van der Waals surface area contributed by atoms with Gasteiger partial charge in [0.25, 0.3) is 0 Å². The number of hydrogen-bond donors (Lipinski definition) is 2. The summed E-state index contributed by atoms with van der Waals surface area (Å²) in [5.74, 6) is 3.16. The van der Waals surface area contributed by atoms with Crippen molar-refractivity contribution >= 4 is 40.1 Å². The molecule has 0 amide bonds. The normalized spacial score (nSPS) is 25.3. The lowest BCUT2D eigenvalue weighted by Gasteiger charge is -2.37. The smallest absolute Gasteiger partial charge is 0.227 e. The molecule has 0 bridgehead atoms. The Morgan fingerprint density at radius 3 is 2.53 bits per heavy atom. The number of hydrogen-bond acceptors (Lipinski definition) is 9. The summed E-state index contributed by atoms with van der Waals surface area (Å²) < 4.78 is 12.7. The van der Waals surface area contributed by atoms with Crippen LogP contribution in [-0.2, 0) is 17.2 Å². The Kier molecular flexibility index (Phi) is 7.17. The van der Waals surface area contributed by atoms with Gasteiger partial charge in [-0.25, -0.2) is 15.0 Å². The van der Waals surface area contributed by atoms with Crippen molar-refractivity contribution in [1.82, 2.24) is 19.9 Å². The molecule has 2 N–H and O–H groups in total. The van der Waals surface area contributed by atoms with Gasteiger partial charge in [0, 0.05) is 51.0 Å². The number of aromatic nitrogens is 4. The van der Waals surface area contributed by atoms with Crippen LogP contribution < -0.4 is 15.1 Å². The SMILES string of the molecule is CN(c1nc2c(c(NC3CCC(CO)CC3)n1)[S@](=O)CC2)C1CCN(c2ncc(Cl)cn2)CC1. The minimum absolute atomic E-state index is 0.261. The highest BCUT2D eigenvalue weighted by Crippen LogP contribution is 2.33. The van der Waals surface area contributed by atoms with E-state index in [-0.39, 0.29) is 6.61 Å². The van der Waals surface area contributed by atoms with Gasteiger partial charge >= 0.3 is 0 Å². The molecule has 0 spiro atoms. The topological polar surface area (TPSA) is 107 Å². The summed E-state index contributed by atoms with van der Waals surface area (Å²) >= 11 is 5.92. The van der Waals surface area contributed by atoms with Crippen molar-refractivity contribution in [2.75, 3.05) is 47.6 Å². The summed E-state index contributed by atoms with van der Waals surface area (Å²) in [6.45, 7) is 1.97. The molecule has 1 saturated carbocycles. The monoisotopic (exact) mass is 505 g/mol. The number of anilines is 3. The summed E-state index contributed by atoms with van der Waals surface area (Å²) in [4.78, 5) is 23.6. The molecule has 9 nitrogen and oxygen atoms in total. The standard InChI is InChI=1S/C23H32ClN7O2S/c1-30(18-6-9-31(10-7-18)22-25-12-16(24)13-26-22)23-28-19-8-11-34(33)20(19)21(29-23)27-17-4-2-15(14-32)3-5-17/h12-13,15,17-18,32H,2-11,14H2,1H3,(H,27,28,29)/t15?,17?,34-/m1/s1. The van der Waals surface area contributed by atoms with Crippen LogP contribution in [0.1, 0.15) is 44.2 Å². The third-order valence-electron chi connectivity index (χ3n) is 7.34. The lowest BCUT2D eigenvalue weighted by Crippen LogP contribution is -2.44. The molecule has 2 aromatic rings. The van der Waals surface area contributed by atoms with Crippen LogP contribution in [0, 0.1) is 5.92 Å².